The molecule has 80 valence electrons. The van der Waals surface area contributed by atoms with Crippen molar-refractivity contribution in [2.75, 3.05) is 13.1 Å². The second kappa shape index (κ2) is 4.39. The Kier molecular flexibility index (Phi) is 3.43. The van der Waals surface area contributed by atoms with Crippen LogP contribution < -0.4 is 5.73 Å². The molecule has 1 heterocycles. The Balaban J connectivity index is 2.66. The first-order valence-electron chi connectivity index (χ1n) is 4.46. The standard InChI is InChI=1S/C8H14N2O4/c9-2-1-7(12)10-4-5(11)3-6(10)8(13)14/h5-6,11H,1-4,9H2,(H,13,14). The number of hydrogen-bond acceptors (Lipinski definition) is 4. The summed E-state index contributed by atoms with van der Waals surface area (Å²) in [6, 6.07) is -0.899. The summed E-state index contributed by atoms with van der Waals surface area (Å²) in [6.45, 7) is 0.285. The molecule has 1 aliphatic heterocycles. The Labute approximate surface area is 81.3 Å². The highest BCUT2D eigenvalue weighted by molar-refractivity contribution is 5.84. The summed E-state index contributed by atoms with van der Waals surface area (Å²) in [7, 11) is 0. The minimum Gasteiger partial charge on any atom is -0.480 e. The summed E-state index contributed by atoms with van der Waals surface area (Å²) in [4.78, 5) is 23.3. The van der Waals surface area contributed by atoms with Crippen LogP contribution in [0.3, 0.4) is 0 Å². The van der Waals surface area contributed by atoms with E-state index >= 15 is 0 Å². The molecule has 0 spiro atoms. The van der Waals surface area contributed by atoms with Gasteiger partial charge in [0.05, 0.1) is 6.10 Å². The summed E-state index contributed by atoms with van der Waals surface area (Å²) >= 11 is 0. The zero-order valence-electron chi connectivity index (χ0n) is 7.72. The van der Waals surface area contributed by atoms with Gasteiger partial charge in [-0.15, -0.1) is 0 Å². The van der Waals surface area contributed by atoms with Crippen LogP contribution in [0.4, 0.5) is 0 Å². The van der Waals surface area contributed by atoms with Gasteiger partial charge in [-0.3, -0.25) is 4.79 Å². The lowest BCUT2D eigenvalue weighted by Gasteiger charge is -2.20. The number of nitrogens with two attached hydrogens (primary N) is 1. The van der Waals surface area contributed by atoms with Gasteiger partial charge in [-0.1, -0.05) is 0 Å². The molecule has 0 aliphatic carbocycles. The maximum absolute atomic E-state index is 11.4. The van der Waals surface area contributed by atoms with Crippen LogP contribution in [0.1, 0.15) is 12.8 Å². The number of β-amino-alcohol motifs (C(OH)–C–C–N with tert-alkyl or cyclic N) is 1. The Morgan fingerprint density at radius 3 is 2.64 bits per heavy atom. The smallest absolute Gasteiger partial charge is 0.326 e. The van der Waals surface area contributed by atoms with E-state index in [2.05, 4.69) is 0 Å². The number of aliphatic carboxylic acids is 1. The van der Waals surface area contributed by atoms with Crippen molar-refractivity contribution in [3.8, 4) is 0 Å². The zero-order chi connectivity index (χ0) is 10.7. The van der Waals surface area contributed by atoms with E-state index < -0.39 is 18.1 Å². The number of carbonyl (C=O) groups excluding carboxylic acids is 1. The Bertz CT molecular complexity index is 243. The van der Waals surface area contributed by atoms with Crippen LogP contribution in [0, 0.1) is 0 Å². The van der Waals surface area contributed by atoms with Gasteiger partial charge < -0.3 is 20.8 Å². The van der Waals surface area contributed by atoms with E-state index in [1.807, 2.05) is 0 Å². The molecule has 1 rings (SSSR count). The number of nitrogens with zero attached hydrogens (tertiary/aromatic N) is 1. The molecule has 0 aromatic carbocycles. The molecule has 1 aliphatic rings. The number of likely N-dealkylation sites (tertiary alicyclic amines) is 1. The molecule has 1 amide bonds. The number of carbonyl (C=O) groups is 2. The van der Waals surface area contributed by atoms with Crippen molar-refractivity contribution in [2.45, 2.75) is 25.0 Å². The zero-order valence-corrected chi connectivity index (χ0v) is 7.72. The maximum Gasteiger partial charge on any atom is 0.326 e. The van der Waals surface area contributed by atoms with Crippen LogP contribution in [-0.4, -0.2) is 52.2 Å². The number of amides is 1. The molecule has 2 atom stereocenters. The van der Waals surface area contributed by atoms with E-state index in [-0.39, 0.29) is 31.8 Å². The predicted octanol–water partition coefficient (Wildman–Crippen LogP) is -1.62. The molecule has 2 unspecified atom stereocenters. The summed E-state index contributed by atoms with van der Waals surface area (Å²) in [5.41, 5.74) is 5.20. The van der Waals surface area contributed by atoms with Gasteiger partial charge in [0.25, 0.3) is 0 Å². The molecule has 0 saturated carbocycles. The first-order chi connectivity index (χ1) is 6.56. The Morgan fingerprint density at radius 1 is 1.50 bits per heavy atom. The van der Waals surface area contributed by atoms with Gasteiger partial charge >= 0.3 is 5.97 Å². The molecule has 4 N–H and O–H groups in total. The van der Waals surface area contributed by atoms with Crippen LogP contribution in [0.25, 0.3) is 0 Å². The third kappa shape index (κ3) is 2.21. The predicted molar refractivity (Wildman–Crippen MR) is 47.4 cm³/mol. The van der Waals surface area contributed by atoms with Crippen molar-refractivity contribution in [3.05, 3.63) is 0 Å². The van der Waals surface area contributed by atoms with Crippen molar-refractivity contribution in [2.24, 2.45) is 5.73 Å². The fourth-order valence-corrected chi connectivity index (χ4v) is 1.59. The normalized spacial score (nSPS) is 26.6. The largest absolute Gasteiger partial charge is 0.480 e. The highest BCUT2D eigenvalue weighted by Crippen LogP contribution is 2.18. The monoisotopic (exact) mass is 202 g/mol. The molecular formula is C8H14N2O4. The van der Waals surface area contributed by atoms with Gasteiger partial charge in [0.2, 0.25) is 5.91 Å². The second-order valence-electron chi connectivity index (χ2n) is 3.33. The van der Waals surface area contributed by atoms with E-state index in [9.17, 15) is 14.7 Å². The second-order valence-corrected chi connectivity index (χ2v) is 3.33. The first kappa shape index (κ1) is 10.9. The highest BCUT2D eigenvalue weighted by Gasteiger charge is 2.38. The number of aliphatic hydroxyl groups is 1. The van der Waals surface area contributed by atoms with Crippen LogP contribution in [-0.2, 0) is 9.59 Å². The number of aliphatic hydroxyl groups excluding tert-OH is 1. The number of rotatable bonds is 3. The maximum atomic E-state index is 11.4. The van der Waals surface area contributed by atoms with Crippen molar-refractivity contribution >= 4 is 11.9 Å². The average molecular weight is 202 g/mol. The van der Waals surface area contributed by atoms with Gasteiger partial charge in [-0.05, 0) is 0 Å². The van der Waals surface area contributed by atoms with Crippen molar-refractivity contribution in [1.82, 2.24) is 4.90 Å². The fourth-order valence-electron chi connectivity index (χ4n) is 1.59. The molecule has 6 nitrogen and oxygen atoms in total. The minimum absolute atomic E-state index is 0.0931. The van der Waals surface area contributed by atoms with Crippen molar-refractivity contribution in [1.29, 1.82) is 0 Å². The molecule has 0 bridgehead atoms. The minimum atomic E-state index is -1.08. The van der Waals surface area contributed by atoms with E-state index in [0.29, 0.717) is 0 Å². The van der Waals surface area contributed by atoms with E-state index in [1.54, 1.807) is 0 Å². The molecule has 0 aromatic rings. The van der Waals surface area contributed by atoms with Crippen molar-refractivity contribution < 1.29 is 19.8 Å². The number of carboxylic acids is 1. The molecular weight excluding hydrogens is 188 g/mol. The molecule has 6 heteroatoms. The molecule has 0 aromatic heterocycles. The molecule has 1 fully saturated rings. The van der Waals surface area contributed by atoms with Crippen LogP contribution in [0.15, 0.2) is 0 Å². The number of hydrogen-bond donors (Lipinski definition) is 3. The van der Waals surface area contributed by atoms with E-state index in [4.69, 9.17) is 10.8 Å². The summed E-state index contributed by atoms with van der Waals surface area (Å²) < 4.78 is 0. The summed E-state index contributed by atoms with van der Waals surface area (Å²) in [5.74, 6) is -1.39. The van der Waals surface area contributed by atoms with Gasteiger partial charge in [0, 0.05) is 25.9 Å². The average Bonchev–Trinajstić information content (AvgIpc) is 2.48. The summed E-state index contributed by atoms with van der Waals surface area (Å²) in [6.07, 6.45) is -0.514. The highest BCUT2D eigenvalue weighted by atomic mass is 16.4. The van der Waals surface area contributed by atoms with E-state index in [0.717, 1.165) is 0 Å². The van der Waals surface area contributed by atoms with Crippen LogP contribution >= 0.6 is 0 Å². The molecule has 0 radical (unpaired) electrons. The molecule has 1 saturated heterocycles. The SMILES string of the molecule is NCCC(=O)N1CC(O)CC1C(=O)O. The number of carboxylic acid groups (broad SMARTS) is 1. The van der Waals surface area contributed by atoms with E-state index in [1.165, 1.54) is 4.90 Å². The quantitative estimate of drug-likeness (QED) is 0.510. The van der Waals surface area contributed by atoms with Gasteiger partial charge in [-0.25, -0.2) is 4.79 Å². The van der Waals surface area contributed by atoms with Gasteiger partial charge in [0.15, 0.2) is 0 Å². The fraction of sp³-hybridized carbons (Fsp3) is 0.750. The van der Waals surface area contributed by atoms with Crippen molar-refractivity contribution in [3.63, 3.8) is 0 Å². The Morgan fingerprint density at radius 2 is 2.14 bits per heavy atom. The lowest BCUT2D eigenvalue weighted by Crippen LogP contribution is -2.41. The van der Waals surface area contributed by atoms with Gasteiger partial charge in [0.1, 0.15) is 6.04 Å². The first-order valence-corrected chi connectivity index (χ1v) is 4.46. The van der Waals surface area contributed by atoms with Crippen LogP contribution in [0.5, 0.6) is 0 Å². The summed E-state index contributed by atoms with van der Waals surface area (Å²) in [5, 5.41) is 18.0. The van der Waals surface area contributed by atoms with Crippen LogP contribution in [0.2, 0.25) is 0 Å². The lowest BCUT2D eigenvalue weighted by atomic mass is 10.2. The van der Waals surface area contributed by atoms with Gasteiger partial charge in [-0.2, -0.15) is 0 Å². The third-order valence-electron chi connectivity index (χ3n) is 2.24. The third-order valence-corrected chi connectivity index (χ3v) is 2.24. The topological polar surface area (TPSA) is 104 Å². The Hall–Kier alpha value is -1.14. The lowest BCUT2D eigenvalue weighted by molar-refractivity contribution is -0.148. The molecule has 14 heavy (non-hydrogen) atoms.